The van der Waals surface area contributed by atoms with Gasteiger partial charge in [0.2, 0.25) is 0 Å². The van der Waals surface area contributed by atoms with Crippen molar-refractivity contribution in [2.45, 2.75) is 12.8 Å². The fourth-order valence-corrected chi connectivity index (χ4v) is 1.44. The highest BCUT2D eigenvalue weighted by Crippen LogP contribution is 2.25. The maximum Gasteiger partial charge on any atom is 0.305 e. The van der Waals surface area contributed by atoms with E-state index in [4.69, 9.17) is 21.6 Å². The fourth-order valence-electron chi connectivity index (χ4n) is 1.23. The number of halogens is 1. The molecule has 0 spiro atoms. The molecular weight excluding hydrogens is 242 g/mol. The summed E-state index contributed by atoms with van der Waals surface area (Å²) in [5.41, 5.74) is 0.312. The molecule has 0 amide bonds. The number of ether oxygens (including phenoxy) is 2. The second-order valence-corrected chi connectivity index (χ2v) is 3.66. The molecule has 4 nitrogen and oxygen atoms in total. The van der Waals surface area contributed by atoms with Crippen LogP contribution in [0.2, 0.25) is 5.02 Å². The normalized spacial score (nSPS) is 9.47. The second-order valence-electron chi connectivity index (χ2n) is 3.25. The van der Waals surface area contributed by atoms with Gasteiger partial charge in [-0.25, -0.2) is 0 Å². The van der Waals surface area contributed by atoms with Crippen LogP contribution in [0.25, 0.3) is 0 Å². The predicted octanol–water partition coefficient (Wildman–Crippen LogP) is 2.54. The van der Waals surface area contributed by atoms with E-state index in [2.05, 4.69) is 4.74 Å². The highest BCUT2D eigenvalue weighted by Gasteiger charge is 2.07. The molecule has 0 aliphatic carbocycles. The van der Waals surface area contributed by atoms with Crippen molar-refractivity contribution in [1.29, 1.82) is 5.26 Å². The summed E-state index contributed by atoms with van der Waals surface area (Å²) >= 11 is 5.84. The highest BCUT2D eigenvalue weighted by atomic mass is 35.5. The average Bonchev–Trinajstić information content (AvgIpc) is 2.34. The molecule has 0 saturated heterocycles. The van der Waals surface area contributed by atoms with Crippen LogP contribution in [-0.4, -0.2) is 19.7 Å². The van der Waals surface area contributed by atoms with Crippen molar-refractivity contribution in [2.75, 3.05) is 13.7 Å². The quantitative estimate of drug-likeness (QED) is 0.598. The maximum absolute atomic E-state index is 10.8. The first-order valence-corrected chi connectivity index (χ1v) is 5.45. The summed E-state index contributed by atoms with van der Waals surface area (Å²) in [6.07, 6.45) is 0.822. The van der Waals surface area contributed by atoms with Gasteiger partial charge in [0.25, 0.3) is 0 Å². The Labute approximate surface area is 105 Å². The molecule has 0 radical (unpaired) electrons. The Morgan fingerprint density at radius 3 is 2.94 bits per heavy atom. The van der Waals surface area contributed by atoms with Crippen molar-refractivity contribution in [2.24, 2.45) is 0 Å². The topological polar surface area (TPSA) is 59.3 Å². The first-order valence-electron chi connectivity index (χ1n) is 5.07. The molecule has 0 unspecified atom stereocenters. The van der Waals surface area contributed by atoms with E-state index in [1.165, 1.54) is 7.11 Å². The zero-order valence-electron chi connectivity index (χ0n) is 9.40. The van der Waals surface area contributed by atoms with Gasteiger partial charge >= 0.3 is 5.97 Å². The van der Waals surface area contributed by atoms with Crippen molar-refractivity contribution >= 4 is 17.6 Å². The summed E-state index contributed by atoms with van der Waals surface area (Å²) in [5.74, 6) is 0.157. The minimum atomic E-state index is -0.278. The Hall–Kier alpha value is -1.73. The summed E-state index contributed by atoms with van der Waals surface area (Å²) < 4.78 is 9.89. The number of hydrogen-bond donors (Lipinski definition) is 0. The lowest BCUT2D eigenvalue weighted by Crippen LogP contribution is -2.05. The van der Waals surface area contributed by atoms with E-state index >= 15 is 0 Å². The number of hydrogen-bond acceptors (Lipinski definition) is 4. The van der Waals surface area contributed by atoms with Crippen LogP contribution < -0.4 is 4.74 Å². The van der Waals surface area contributed by atoms with E-state index < -0.39 is 0 Å². The van der Waals surface area contributed by atoms with Crippen molar-refractivity contribution in [3.8, 4) is 11.8 Å². The zero-order chi connectivity index (χ0) is 12.7. The number of carbonyl (C=O) groups excluding carboxylic acids is 1. The molecular formula is C12H12ClNO3. The average molecular weight is 254 g/mol. The number of nitrogens with zero attached hydrogens (tertiary/aromatic N) is 1. The van der Waals surface area contributed by atoms with Crippen LogP contribution in [-0.2, 0) is 9.53 Å². The van der Waals surface area contributed by atoms with Crippen molar-refractivity contribution in [1.82, 2.24) is 0 Å². The Balaban J connectivity index is 2.50. The molecule has 0 aliphatic rings. The van der Waals surface area contributed by atoms with Crippen LogP contribution in [0, 0.1) is 11.3 Å². The second kappa shape index (κ2) is 6.77. The lowest BCUT2D eigenvalue weighted by atomic mass is 10.2. The van der Waals surface area contributed by atoms with Crippen LogP contribution >= 0.6 is 11.6 Å². The summed E-state index contributed by atoms with van der Waals surface area (Å²) in [6.45, 7) is 0.337. The van der Waals surface area contributed by atoms with Gasteiger partial charge in [0.05, 0.1) is 18.7 Å². The number of nitriles is 1. The molecule has 0 atom stereocenters. The molecule has 0 bridgehead atoms. The van der Waals surface area contributed by atoms with Crippen LogP contribution in [0.3, 0.4) is 0 Å². The molecule has 0 aromatic heterocycles. The van der Waals surface area contributed by atoms with Gasteiger partial charge in [-0.1, -0.05) is 17.7 Å². The molecule has 90 valence electrons. The summed E-state index contributed by atoms with van der Waals surface area (Å²) in [5, 5.41) is 9.25. The molecule has 0 aliphatic heterocycles. The SMILES string of the molecule is COC(=O)CCCOc1cccc(Cl)c1C#N. The molecule has 1 aromatic rings. The molecule has 0 heterocycles. The molecule has 0 saturated carbocycles. The van der Waals surface area contributed by atoms with Crippen LogP contribution in [0.1, 0.15) is 18.4 Å². The lowest BCUT2D eigenvalue weighted by Gasteiger charge is -2.07. The van der Waals surface area contributed by atoms with Crippen molar-refractivity contribution in [3.05, 3.63) is 28.8 Å². The summed E-state index contributed by atoms with van der Waals surface area (Å²) in [6, 6.07) is 6.98. The van der Waals surface area contributed by atoms with Gasteiger partial charge in [0, 0.05) is 6.42 Å². The Morgan fingerprint density at radius 1 is 1.53 bits per heavy atom. The van der Waals surface area contributed by atoms with Gasteiger partial charge in [-0.15, -0.1) is 0 Å². The van der Waals surface area contributed by atoms with Gasteiger partial charge in [0.1, 0.15) is 17.4 Å². The number of methoxy groups -OCH3 is 1. The van der Waals surface area contributed by atoms with E-state index in [9.17, 15) is 4.79 Å². The third kappa shape index (κ3) is 3.97. The Kier molecular flexibility index (Phi) is 5.31. The van der Waals surface area contributed by atoms with E-state index in [-0.39, 0.29) is 5.97 Å². The third-order valence-corrected chi connectivity index (χ3v) is 2.41. The van der Waals surface area contributed by atoms with Crippen LogP contribution in [0.4, 0.5) is 0 Å². The number of rotatable bonds is 5. The van der Waals surface area contributed by atoms with Crippen molar-refractivity contribution in [3.63, 3.8) is 0 Å². The van der Waals surface area contributed by atoms with Gasteiger partial charge in [-0.3, -0.25) is 4.79 Å². The molecule has 5 heteroatoms. The molecule has 1 rings (SSSR count). The molecule has 17 heavy (non-hydrogen) atoms. The zero-order valence-corrected chi connectivity index (χ0v) is 10.2. The molecule has 0 N–H and O–H groups in total. The lowest BCUT2D eigenvalue weighted by molar-refractivity contribution is -0.140. The summed E-state index contributed by atoms with van der Waals surface area (Å²) in [7, 11) is 1.34. The highest BCUT2D eigenvalue weighted by molar-refractivity contribution is 6.31. The first-order chi connectivity index (χ1) is 8.19. The standard InChI is InChI=1S/C12H12ClNO3/c1-16-12(15)6-3-7-17-11-5-2-4-10(13)9(11)8-14/h2,4-5H,3,6-7H2,1H3. The van der Waals surface area contributed by atoms with Crippen LogP contribution in [0.5, 0.6) is 5.75 Å². The fraction of sp³-hybridized carbons (Fsp3) is 0.333. The molecule has 0 fully saturated rings. The van der Waals surface area contributed by atoms with Crippen LogP contribution in [0.15, 0.2) is 18.2 Å². The van der Waals surface area contributed by atoms with Gasteiger partial charge < -0.3 is 9.47 Å². The maximum atomic E-state index is 10.8. The van der Waals surface area contributed by atoms with Crippen molar-refractivity contribution < 1.29 is 14.3 Å². The smallest absolute Gasteiger partial charge is 0.305 e. The number of benzene rings is 1. The van der Waals surface area contributed by atoms with E-state index in [0.717, 1.165) is 0 Å². The number of carbonyl (C=O) groups is 1. The van der Waals surface area contributed by atoms with Gasteiger partial charge in [-0.05, 0) is 18.6 Å². The largest absolute Gasteiger partial charge is 0.492 e. The van der Waals surface area contributed by atoms with E-state index in [1.807, 2.05) is 6.07 Å². The first kappa shape index (κ1) is 13.3. The monoisotopic (exact) mass is 253 g/mol. The number of esters is 1. The Bertz CT molecular complexity index is 440. The minimum Gasteiger partial charge on any atom is -0.492 e. The molecule has 1 aromatic carbocycles. The Morgan fingerprint density at radius 2 is 2.29 bits per heavy atom. The van der Waals surface area contributed by atoms with Gasteiger partial charge in [-0.2, -0.15) is 5.26 Å². The third-order valence-electron chi connectivity index (χ3n) is 2.10. The predicted molar refractivity (Wildman–Crippen MR) is 62.9 cm³/mol. The van der Waals surface area contributed by atoms with Gasteiger partial charge in [0.15, 0.2) is 0 Å². The van der Waals surface area contributed by atoms with E-state index in [1.54, 1.807) is 18.2 Å². The minimum absolute atomic E-state index is 0.278. The van der Waals surface area contributed by atoms with E-state index in [0.29, 0.717) is 35.8 Å². The summed E-state index contributed by atoms with van der Waals surface area (Å²) in [4.78, 5) is 10.8.